The van der Waals surface area contributed by atoms with Crippen molar-refractivity contribution in [2.45, 2.75) is 6.54 Å². The van der Waals surface area contributed by atoms with E-state index in [1.807, 2.05) is 11.4 Å². The Morgan fingerprint density at radius 2 is 2.41 bits per heavy atom. The van der Waals surface area contributed by atoms with Gasteiger partial charge in [0.2, 0.25) is 0 Å². The molecule has 1 N–H and O–H groups in total. The molecular formula is C10H7N3O2S2. The molecule has 0 radical (unpaired) electrons. The van der Waals surface area contributed by atoms with Crippen molar-refractivity contribution < 1.29 is 4.52 Å². The van der Waals surface area contributed by atoms with Crippen molar-refractivity contribution in [3.05, 3.63) is 44.6 Å². The van der Waals surface area contributed by atoms with Gasteiger partial charge in [-0.05, 0) is 23.7 Å². The Labute approximate surface area is 104 Å². The van der Waals surface area contributed by atoms with Crippen LogP contribution in [0, 0.1) is 4.77 Å². The number of hydrogen-bond acceptors (Lipinski definition) is 5. The van der Waals surface area contributed by atoms with Crippen LogP contribution < -0.4 is 5.56 Å². The Kier molecular flexibility index (Phi) is 2.41. The number of nitrogens with zero attached hydrogens (tertiary/aromatic N) is 2. The standard InChI is InChI=1S/C10H7N3O2S2/c14-9-8-7(2-4-17-8)12-10(16)13(9)5-6-1-3-11-15-6/h1-4H,5H2,(H,12,16). The average Bonchev–Trinajstić information content (AvgIpc) is 2.94. The molecule has 0 aliphatic heterocycles. The van der Waals surface area contributed by atoms with Gasteiger partial charge in [-0.25, -0.2) is 0 Å². The summed E-state index contributed by atoms with van der Waals surface area (Å²) in [5.74, 6) is 0.600. The lowest BCUT2D eigenvalue weighted by Gasteiger charge is -2.03. The van der Waals surface area contributed by atoms with E-state index in [-0.39, 0.29) is 5.56 Å². The van der Waals surface area contributed by atoms with Gasteiger partial charge in [0.15, 0.2) is 10.5 Å². The maximum absolute atomic E-state index is 12.2. The molecule has 0 amide bonds. The third kappa shape index (κ3) is 1.73. The summed E-state index contributed by atoms with van der Waals surface area (Å²) in [5.41, 5.74) is 0.675. The lowest BCUT2D eigenvalue weighted by Crippen LogP contribution is -2.21. The van der Waals surface area contributed by atoms with Gasteiger partial charge in [0.25, 0.3) is 5.56 Å². The molecule has 3 rings (SSSR count). The average molecular weight is 265 g/mol. The van der Waals surface area contributed by atoms with E-state index in [1.54, 1.807) is 6.07 Å². The molecule has 7 heteroatoms. The second kappa shape index (κ2) is 3.94. The van der Waals surface area contributed by atoms with Crippen molar-refractivity contribution in [3.63, 3.8) is 0 Å². The second-order valence-corrected chi connectivity index (χ2v) is 4.77. The van der Waals surface area contributed by atoms with Gasteiger partial charge in [-0.3, -0.25) is 9.36 Å². The molecule has 0 aliphatic rings. The summed E-state index contributed by atoms with van der Waals surface area (Å²) in [4.78, 5) is 15.2. The van der Waals surface area contributed by atoms with Gasteiger partial charge in [-0.15, -0.1) is 11.3 Å². The van der Waals surface area contributed by atoms with Gasteiger partial charge in [-0.2, -0.15) is 0 Å². The number of aromatic nitrogens is 3. The number of nitrogens with one attached hydrogen (secondary N) is 1. The zero-order valence-corrected chi connectivity index (χ0v) is 10.2. The fraction of sp³-hybridized carbons (Fsp3) is 0.100. The summed E-state index contributed by atoms with van der Waals surface area (Å²) in [6.07, 6.45) is 1.54. The Balaban J connectivity index is 2.22. The molecule has 0 bridgehead atoms. The largest absolute Gasteiger partial charge is 0.359 e. The molecule has 0 saturated carbocycles. The van der Waals surface area contributed by atoms with E-state index in [0.717, 1.165) is 5.52 Å². The number of hydrogen-bond donors (Lipinski definition) is 1. The fourth-order valence-electron chi connectivity index (χ4n) is 1.59. The van der Waals surface area contributed by atoms with Crippen LogP contribution in [0.2, 0.25) is 0 Å². The molecule has 3 aromatic heterocycles. The van der Waals surface area contributed by atoms with E-state index in [2.05, 4.69) is 10.1 Å². The summed E-state index contributed by atoms with van der Waals surface area (Å²) in [5, 5.41) is 5.46. The summed E-state index contributed by atoms with van der Waals surface area (Å²) in [7, 11) is 0. The molecule has 0 aliphatic carbocycles. The van der Waals surface area contributed by atoms with Crippen LogP contribution in [0.4, 0.5) is 0 Å². The van der Waals surface area contributed by atoms with E-state index in [9.17, 15) is 4.79 Å². The maximum atomic E-state index is 12.2. The Morgan fingerprint density at radius 1 is 1.53 bits per heavy atom. The lowest BCUT2D eigenvalue weighted by molar-refractivity contribution is 0.374. The summed E-state index contributed by atoms with van der Waals surface area (Å²) < 4.78 is 7.49. The van der Waals surface area contributed by atoms with E-state index in [1.165, 1.54) is 22.1 Å². The van der Waals surface area contributed by atoms with Crippen molar-refractivity contribution in [2.24, 2.45) is 0 Å². The van der Waals surface area contributed by atoms with Gasteiger partial charge in [0, 0.05) is 6.07 Å². The third-order valence-corrected chi connectivity index (χ3v) is 3.62. The number of H-pyrrole nitrogens is 1. The highest BCUT2D eigenvalue weighted by Gasteiger charge is 2.08. The Bertz CT molecular complexity index is 767. The fourth-order valence-corrected chi connectivity index (χ4v) is 2.65. The highest BCUT2D eigenvalue weighted by atomic mass is 32.1. The predicted molar refractivity (Wildman–Crippen MR) is 66.9 cm³/mol. The molecule has 86 valence electrons. The second-order valence-electron chi connectivity index (χ2n) is 3.46. The molecule has 0 spiro atoms. The highest BCUT2D eigenvalue weighted by molar-refractivity contribution is 7.71. The van der Waals surface area contributed by atoms with Gasteiger partial charge < -0.3 is 9.51 Å². The van der Waals surface area contributed by atoms with Gasteiger partial charge >= 0.3 is 0 Å². The molecule has 0 fully saturated rings. The Hall–Kier alpha value is -1.73. The first-order chi connectivity index (χ1) is 8.25. The zero-order chi connectivity index (χ0) is 11.8. The van der Waals surface area contributed by atoms with E-state index in [4.69, 9.17) is 16.7 Å². The maximum Gasteiger partial charge on any atom is 0.272 e. The molecule has 3 aromatic rings. The Morgan fingerprint density at radius 3 is 3.18 bits per heavy atom. The summed E-state index contributed by atoms with van der Waals surface area (Å²) in [6, 6.07) is 3.55. The normalized spacial score (nSPS) is 11.1. The first kappa shape index (κ1) is 10.4. The van der Waals surface area contributed by atoms with Crippen LogP contribution in [-0.2, 0) is 6.54 Å². The topological polar surface area (TPSA) is 63.8 Å². The molecular weight excluding hydrogens is 258 g/mol. The van der Waals surface area contributed by atoms with E-state index < -0.39 is 0 Å². The molecule has 0 aromatic carbocycles. The predicted octanol–water partition coefficient (Wildman–Crippen LogP) is 2.16. The molecule has 5 nitrogen and oxygen atoms in total. The van der Waals surface area contributed by atoms with E-state index >= 15 is 0 Å². The van der Waals surface area contributed by atoms with Crippen LogP contribution >= 0.6 is 23.6 Å². The minimum Gasteiger partial charge on any atom is -0.359 e. The van der Waals surface area contributed by atoms with Crippen molar-refractivity contribution in [3.8, 4) is 0 Å². The van der Waals surface area contributed by atoms with E-state index in [0.29, 0.717) is 21.8 Å². The van der Waals surface area contributed by atoms with Crippen LogP contribution in [0.3, 0.4) is 0 Å². The number of rotatable bonds is 2. The van der Waals surface area contributed by atoms with Crippen molar-refractivity contribution in [1.29, 1.82) is 0 Å². The monoisotopic (exact) mass is 265 g/mol. The molecule has 0 saturated heterocycles. The zero-order valence-electron chi connectivity index (χ0n) is 8.54. The smallest absolute Gasteiger partial charge is 0.272 e. The van der Waals surface area contributed by atoms with Crippen LogP contribution in [0.15, 0.2) is 33.0 Å². The number of fused-ring (bicyclic) bond motifs is 1. The van der Waals surface area contributed by atoms with Crippen molar-refractivity contribution >= 4 is 33.8 Å². The third-order valence-electron chi connectivity index (χ3n) is 2.40. The minimum atomic E-state index is -0.102. The van der Waals surface area contributed by atoms with Crippen LogP contribution in [-0.4, -0.2) is 14.7 Å². The summed E-state index contributed by atoms with van der Waals surface area (Å²) >= 11 is 6.55. The highest BCUT2D eigenvalue weighted by Crippen LogP contribution is 2.14. The van der Waals surface area contributed by atoms with Crippen LogP contribution in [0.1, 0.15) is 5.76 Å². The molecule has 17 heavy (non-hydrogen) atoms. The first-order valence-electron chi connectivity index (χ1n) is 4.85. The summed E-state index contributed by atoms with van der Waals surface area (Å²) in [6.45, 7) is 0.294. The molecule has 0 atom stereocenters. The van der Waals surface area contributed by atoms with Crippen molar-refractivity contribution in [2.75, 3.05) is 0 Å². The number of thiophene rings is 1. The quantitative estimate of drug-likeness (QED) is 0.721. The first-order valence-corrected chi connectivity index (χ1v) is 6.14. The van der Waals surface area contributed by atoms with Crippen LogP contribution in [0.25, 0.3) is 10.2 Å². The van der Waals surface area contributed by atoms with Crippen LogP contribution in [0.5, 0.6) is 0 Å². The van der Waals surface area contributed by atoms with Gasteiger partial charge in [0.1, 0.15) is 4.70 Å². The molecule has 3 heterocycles. The van der Waals surface area contributed by atoms with Gasteiger partial charge in [0.05, 0.1) is 18.3 Å². The number of aromatic amines is 1. The molecule has 0 unspecified atom stereocenters. The minimum absolute atomic E-state index is 0.102. The lowest BCUT2D eigenvalue weighted by atomic mass is 10.4. The van der Waals surface area contributed by atoms with Gasteiger partial charge in [-0.1, -0.05) is 5.16 Å². The SMILES string of the molecule is O=c1c2sccc2[nH]c(=S)n1Cc1ccno1. The van der Waals surface area contributed by atoms with Crippen molar-refractivity contribution in [1.82, 2.24) is 14.7 Å².